The molecule has 0 aliphatic rings. The third kappa shape index (κ3) is 4.35. The molecular formula is C10H15ClN4O. The molecule has 0 aliphatic carbocycles. The lowest BCUT2D eigenvalue weighted by Crippen LogP contribution is -2.30. The number of pyridine rings is 1. The zero-order chi connectivity index (χ0) is 12.0. The fraction of sp³-hybridized carbons (Fsp3) is 0.400. The van der Waals surface area contributed by atoms with Crippen LogP contribution in [0.1, 0.15) is 13.3 Å². The molecule has 0 bridgehead atoms. The molecule has 16 heavy (non-hydrogen) atoms. The number of anilines is 2. The fourth-order valence-corrected chi connectivity index (χ4v) is 1.32. The maximum Gasteiger partial charge on any atom is 0.239 e. The van der Waals surface area contributed by atoms with Crippen LogP contribution in [0.2, 0.25) is 5.15 Å². The van der Waals surface area contributed by atoms with Crippen LogP contribution in [-0.4, -0.2) is 24.0 Å². The summed E-state index contributed by atoms with van der Waals surface area (Å²) in [6, 6.07) is 3.17. The first-order valence-electron chi connectivity index (χ1n) is 5.05. The zero-order valence-corrected chi connectivity index (χ0v) is 9.84. The van der Waals surface area contributed by atoms with E-state index in [1.165, 1.54) is 0 Å². The summed E-state index contributed by atoms with van der Waals surface area (Å²) in [5.74, 6) is 0.416. The number of rotatable bonds is 5. The number of nitrogen functional groups attached to an aromatic ring is 1. The summed E-state index contributed by atoms with van der Waals surface area (Å²) in [5, 5.41) is 5.89. The van der Waals surface area contributed by atoms with Crippen molar-refractivity contribution >= 4 is 29.0 Å². The normalized spacial score (nSPS) is 9.88. The van der Waals surface area contributed by atoms with Crippen molar-refractivity contribution in [2.24, 2.45) is 0 Å². The molecule has 6 heteroatoms. The molecule has 0 fully saturated rings. The summed E-state index contributed by atoms with van der Waals surface area (Å²) in [6.45, 7) is 2.82. The lowest BCUT2D eigenvalue weighted by molar-refractivity contribution is -0.119. The average Bonchev–Trinajstić information content (AvgIpc) is 2.22. The Bertz CT molecular complexity index is 350. The highest BCUT2D eigenvalue weighted by atomic mass is 35.5. The molecule has 1 aromatic rings. The molecule has 0 atom stereocenters. The molecule has 5 nitrogen and oxygen atoms in total. The van der Waals surface area contributed by atoms with Gasteiger partial charge in [0.2, 0.25) is 5.91 Å². The number of carbonyl (C=O) groups excluding carboxylic acids is 1. The standard InChI is InChI=1S/C10H15ClN4O/c1-2-3-13-10(16)6-14-9-5-7(12)4-8(11)15-9/h4-5H,2-3,6H2,1H3,(H,13,16)(H3,12,14,15). The molecule has 1 heterocycles. The first kappa shape index (κ1) is 12.6. The van der Waals surface area contributed by atoms with E-state index in [2.05, 4.69) is 15.6 Å². The van der Waals surface area contributed by atoms with E-state index in [0.717, 1.165) is 6.42 Å². The maximum absolute atomic E-state index is 11.3. The molecule has 4 N–H and O–H groups in total. The van der Waals surface area contributed by atoms with Gasteiger partial charge in [0.15, 0.2) is 0 Å². The molecule has 1 amide bonds. The predicted octanol–water partition coefficient (Wildman–Crippen LogP) is 1.26. The SMILES string of the molecule is CCCNC(=O)CNc1cc(N)cc(Cl)n1. The lowest BCUT2D eigenvalue weighted by atomic mass is 10.4. The number of nitrogens with two attached hydrogens (primary N) is 1. The monoisotopic (exact) mass is 242 g/mol. The van der Waals surface area contributed by atoms with Gasteiger partial charge in [0.05, 0.1) is 6.54 Å². The van der Waals surface area contributed by atoms with Gasteiger partial charge in [0.25, 0.3) is 0 Å². The minimum absolute atomic E-state index is 0.0813. The van der Waals surface area contributed by atoms with Crippen LogP contribution in [0.25, 0.3) is 0 Å². The van der Waals surface area contributed by atoms with Gasteiger partial charge in [-0.15, -0.1) is 0 Å². The Balaban J connectivity index is 2.45. The van der Waals surface area contributed by atoms with E-state index in [4.69, 9.17) is 17.3 Å². The molecule has 0 aromatic carbocycles. The Morgan fingerprint density at radius 3 is 2.94 bits per heavy atom. The van der Waals surface area contributed by atoms with E-state index < -0.39 is 0 Å². The first-order valence-corrected chi connectivity index (χ1v) is 5.43. The summed E-state index contributed by atoms with van der Waals surface area (Å²) >= 11 is 5.72. The molecule has 1 aromatic heterocycles. The van der Waals surface area contributed by atoms with Crippen molar-refractivity contribution in [3.63, 3.8) is 0 Å². The summed E-state index contributed by atoms with van der Waals surface area (Å²) in [6.07, 6.45) is 0.911. The Morgan fingerprint density at radius 1 is 1.56 bits per heavy atom. The van der Waals surface area contributed by atoms with Crippen LogP contribution < -0.4 is 16.4 Å². The van der Waals surface area contributed by atoms with Gasteiger partial charge in [0.1, 0.15) is 11.0 Å². The van der Waals surface area contributed by atoms with Crippen molar-refractivity contribution in [2.75, 3.05) is 24.1 Å². The molecule has 0 unspecified atom stereocenters. The van der Waals surface area contributed by atoms with Crippen molar-refractivity contribution in [3.8, 4) is 0 Å². The number of halogens is 1. The van der Waals surface area contributed by atoms with Crippen molar-refractivity contribution < 1.29 is 4.79 Å². The minimum Gasteiger partial charge on any atom is -0.399 e. The Labute approximate surface area is 99.4 Å². The molecular weight excluding hydrogens is 228 g/mol. The lowest BCUT2D eigenvalue weighted by Gasteiger charge is -2.07. The Kier molecular flexibility index (Phi) is 4.85. The highest BCUT2D eigenvalue weighted by molar-refractivity contribution is 6.29. The second kappa shape index (κ2) is 6.17. The van der Waals surface area contributed by atoms with Gasteiger partial charge in [0, 0.05) is 18.3 Å². The molecule has 0 spiro atoms. The summed E-state index contributed by atoms with van der Waals surface area (Å²) in [7, 11) is 0. The molecule has 0 saturated carbocycles. The number of hydrogen-bond donors (Lipinski definition) is 3. The fourth-order valence-electron chi connectivity index (χ4n) is 1.11. The average molecular weight is 243 g/mol. The molecule has 88 valence electrons. The summed E-state index contributed by atoms with van der Waals surface area (Å²) in [4.78, 5) is 15.3. The molecule has 0 aliphatic heterocycles. The number of hydrogen-bond acceptors (Lipinski definition) is 4. The van der Waals surface area contributed by atoms with Crippen molar-refractivity contribution in [1.82, 2.24) is 10.3 Å². The van der Waals surface area contributed by atoms with E-state index in [9.17, 15) is 4.79 Å². The number of amides is 1. The number of carbonyl (C=O) groups is 1. The third-order valence-electron chi connectivity index (χ3n) is 1.82. The Hall–Kier alpha value is -1.49. The maximum atomic E-state index is 11.3. The van der Waals surface area contributed by atoms with Crippen LogP contribution in [0.4, 0.5) is 11.5 Å². The summed E-state index contributed by atoms with van der Waals surface area (Å²) in [5.41, 5.74) is 6.09. The van der Waals surface area contributed by atoms with Crippen LogP contribution in [0.15, 0.2) is 12.1 Å². The van der Waals surface area contributed by atoms with Crippen molar-refractivity contribution in [2.45, 2.75) is 13.3 Å². The van der Waals surface area contributed by atoms with Crippen molar-refractivity contribution in [3.05, 3.63) is 17.3 Å². The smallest absolute Gasteiger partial charge is 0.239 e. The van der Waals surface area contributed by atoms with Crippen LogP contribution >= 0.6 is 11.6 Å². The van der Waals surface area contributed by atoms with Crippen LogP contribution in [0.3, 0.4) is 0 Å². The van der Waals surface area contributed by atoms with E-state index in [1.54, 1.807) is 12.1 Å². The second-order valence-electron chi connectivity index (χ2n) is 3.31. The van der Waals surface area contributed by atoms with Gasteiger partial charge in [-0.3, -0.25) is 4.79 Å². The number of nitrogens with one attached hydrogen (secondary N) is 2. The van der Waals surface area contributed by atoms with Crippen LogP contribution in [0, 0.1) is 0 Å². The van der Waals surface area contributed by atoms with Gasteiger partial charge >= 0.3 is 0 Å². The molecule has 0 saturated heterocycles. The summed E-state index contributed by atoms with van der Waals surface area (Å²) < 4.78 is 0. The van der Waals surface area contributed by atoms with Gasteiger partial charge in [-0.25, -0.2) is 4.98 Å². The first-order chi connectivity index (χ1) is 7.61. The van der Waals surface area contributed by atoms with Gasteiger partial charge in [-0.1, -0.05) is 18.5 Å². The molecule has 1 rings (SSSR count). The van der Waals surface area contributed by atoms with E-state index in [1.807, 2.05) is 6.92 Å². The highest BCUT2D eigenvalue weighted by Crippen LogP contribution is 2.15. The van der Waals surface area contributed by atoms with Crippen molar-refractivity contribution in [1.29, 1.82) is 0 Å². The largest absolute Gasteiger partial charge is 0.399 e. The molecule has 0 radical (unpaired) electrons. The van der Waals surface area contributed by atoms with E-state index in [-0.39, 0.29) is 12.5 Å². The van der Waals surface area contributed by atoms with Gasteiger partial charge in [-0.2, -0.15) is 0 Å². The zero-order valence-electron chi connectivity index (χ0n) is 9.09. The van der Waals surface area contributed by atoms with Gasteiger partial charge < -0.3 is 16.4 Å². The topological polar surface area (TPSA) is 80.0 Å². The van der Waals surface area contributed by atoms with Crippen LogP contribution in [0.5, 0.6) is 0 Å². The number of aromatic nitrogens is 1. The Morgan fingerprint density at radius 2 is 2.31 bits per heavy atom. The number of nitrogens with zero attached hydrogens (tertiary/aromatic N) is 1. The third-order valence-corrected chi connectivity index (χ3v) is 2.01. The minimum atomic E-state index is -0.0813. The highest BCUT2D eigenvalue weighted by Gasteiger charge is 2.02. The predicted molar refractivity (Wildman–Crippen MR) is 65.4 cm³/mol. The van der Waals surface area contributed by atoms with E-state index in [0.29, 0.717) is 23.2 Å². The van der Waals surface area contributed by atoms with Gasteiger partial charge in [-0.05, 0) is 12.5 Å². The van der Waals surface area contributed by atoms with E-state index >= 15 is 0 Å². The van der Waals surface area contributed by atoms with Crippen LogP contribution in [-0.2, 0) is 4.79 Å². The second-order valence-corrected chi connectivity index (χ2v) is 3.70. The quantitative estimate of drug-likeness (QED) is 0.679.